The zero-order valence-corrected chi connectivity index (χ0v) is 11.6. The third-order valence-electron chi connectivity index (χ3n) is 2.88. The molecule has 1 saturated heterocycles. The Hall–Kier alpha value is -0.350. The standard InChI is InChI=1S/C12H16BrNOS/c13-10-6-7-14(9-10)12(15)5-1-3-11-4-2-8-16-11/h2,4,8,10H,1,3,5-7,9H2. The van der Waals surface area contributed by atoms with Crippen LogP contribution in [0.2, 0.25) is 0 Å². The van der Waals surface area contributed by atoms with E-state index in [0.29, 0.717) is 17.2 Å². The second kappa shape index (κ2) is 5.82. The molecule has 0 spiro atoms. The van der Waals surface area contributed by atoms with E-state index in [1.165, 1.54) is 4.88 Å². The Morgan fingerprint density at radius 2 is 2.50 bits per heavy atom. The number of amides is 1. The molecule has 4 heteroatoms. The van der Waals surface area contributed by atoms with Crippen LogP contribution >= 0.6 is 27.3 Å². The molecule has 2 heterocycles. The average molecular weight is 302 g/mol. The number of thiophene rings is 1. The molecule has 2 nitrogen and oxygen atoms in total. The Morgan fingerprint density at radius 3 is 3.12 bits per heavy atom. The van der Waals surface area contributed by atoms with Crippen LogP contribution in [0.5, 0.6) is 0 Å². The van der Waals surface area contributed by atoms with Crippen LogP contribution in [0.15, 0.2) is 17.5 Å². The van der Waals surface area contributed by atoms with E-state index in [2.05, 4.69) is 33.4 Å². The Kier molecular flexibility index (Phi) is 4.41. The smallest absolute Gasteiger partial charge is 0.222 e. The van der Waals surface area contributed by atoms with Crippen molar-refractivity contribution in [3.05, 3.63) is 22.4 Å². The van der Waals surface area contributed by atoms with Gasteiger partial charge in [0.2, 0.25) is 5.91 Å². The van der Waals surface area contributed by atoms with Crippen molar-refractivity contribution in [1.29, 1.82) is 0 Å². The molecule has 0 aromatic carbocycles. The fraction of sp³-hybridized carbons (Fsp3) is 0.583. The minimum Gasteiger partial charge on any atom is -0.342 e. The number of rotatable bonds is 4. The topological polar surface area (TPSA) is 20.3 Å². The first-order chi connectivity index (χ1) is 7.75. The van der Waals surface area contributed by atoms with Gasteiger partial charge in [-0.05, 0) is 30.7 Å². The predicted octanol–water partition coefficient (Wildman–Crippen LogP) is 3.07. The van der Waals surface area contributed by atoms with Crippen LogP contribution in [-0.2, 0) is 11.2 Å². The van der Waals surface area contributed by atoms with E-state index < -0.39 is 0 Å². The Morgan fingerprint density at radius 1 is 1.62 bits per heavy atom. The van der Waals surface area contributed by atoms with Crippen LogP contribution < -0.4 is 0 Å². The molecular formula is C12H16BrNOS. The van der Waals surface area contributed by atoms with Gasteiger partial charge in [-0.1, -0.05) is 22.0 Å². The Balaban J connectivity index is 1.68. The third-order valence-corrected chi connectivity index (χ3v) is 4.56. The molecule has 1 amide bonds. The summed E-state index contributed by atoms with van der Waals surface area (Å²) in [4.78, 5) is 15.7. The summed E-state index contributed by atoms with van der Waals surface area (Å²) in [5.41, 5.74) is 0. The number of aryl methyl sites for hydroxylation is 1. The summed E-state index contributed by atoms with van der Waals surface area (Å²) in [6, 6.07) is 4.21. The summed E-state index contributed by atoms with van der Waals surface area (Å²) < 4.78 is 0. The molecule has 1 aromatic rings. The highest BCUT2D eigenvalue weighted by atomic mass is 79.9. The minimum atomic E-state index is 0.318. The van der Waals surface area contributed by atoms with E-state index in [1.807, 2.05) is 4.90 Å². The molecule has 2 rings (SSSR count). The molecule has 1 aliphatic rings. The number of nitrogens with zero attached hydrogens (tertiary/aromatic N) is 1. The molecule has 0 bridgehead atoms. The van der Waals surface area contributed by atoms with Gasteiger partial charge in [0, 0.05) is 29.2 Å². The minimum absolute atomic E-state index is 0.318. The molecule has 1 atom stereocenters. The van der Waals surface area contributed by atoms with E-state index >= 15 is 0 Å². The normalized spacial score (nSPS) is 20.3. The molecule has 88 valence electrons. The lowest BCUT2D eigenvalue weighted by Gasteiger charge is -2.15. The SMILES string of the molecule is O=C(CCCc1cccs1)N1CCC(Br)C1. The number of hydrogen-bond acceptors (Lipinski definition) is 2. The molecule has 1 aromatic heterocycles. The van der Waals surface area contributed by atoms with E-state index in [9.17, 15) is 4.79 Å². The summed E-state index contributed by atoms with van der Waals surface area (Å²) in [7, 11) is 0. The molecular weight excluding hydrogens is 286 g/mol. The van der Waals surface area contributed by atoms with Gasteiger partial charge in [-0.3, -0.25) is 4.79 Å². The molecule has 1 aliphatic heterocycles. The van der Waals surface area contributed by atoms with Crippen molar-refractivity contribution < 1.29 is 4.79 Å². The highest BCUT2D eigenvalue weighted by Gasteiger charge is 2.23. The highest BCUT2D eigenvalue weighted by Crippen LogP contribution is 2.18. The zero-order chi connectivity index (χ0) is 11.4. The zero-order valence-electron chi connectivity index (χ0n) is 9.19. The first-order valence-electron chi connectivity index (χ1n) is 5.70. The fourth-order valence-corrected chi connectivity index (χ4v) is 3.28. The average Bonchev–Trinajstić information content (AvgIpc) is 2.89. The molecule has 1 fully saturated rings. The maximum Gasteiger partial charge on any atom is 0.222 e. The monoisotopic (exact) mass is 301 g/mol. The summed E-state index contributed by atoms with van der Waals surface area (Å²) in [5.74, 6) is 0.318. The maximum absolute atomic E-state index is 11.8. The number of carbonyl (C=O) groups excluding carboxylic acids is 1. The van der Waals surface area contributed by atoms with Crippen molar-refractivity contribution in [3.63, 3.8) is 0 Å². The van der Waals surface area contributed by atoms with E-state index in [-0.39, 0.29) is 0 Å². The summed E-state index contributed by atoms with van der Waals surface area (Å²) >= 11 is 5.33. The number of carbonyl (C=O) groups is 1. The van der Waals surface area contributed by atoms with Gasteiger partial charge in [0.1, 0.15) is 0 Å². The summed E-state index contributed by atoms with van der Waals surface area (Å²) in [6.07, 6.45) is 3.80. The lowest BCUT2D eigenvalue weighted by molar-refractivity contribution is -0.130. The van der Waals surface area contributed by atoms with Crippen LogP contribution in [0.4, 0.5) is 0 Å². The van der Waals surface area contributed by atoms with Gasteiger partial charge >= 0.3 is 0 Å². The number of alkyl halides is 1. The first-order valence-corrected chi connectivity index (χ1v) is 7.49. The number of hydrogen-bond donors (Lipinski definition) is 0. The van der Waals surface area contributed by atoms with Gasteiger partial charge in [-0.2, -0.15) is 0 Å². The largest absolute Gasteiger partial charge is 0.342 e. The van der Waals surface area contributed by atoms with Crippen molar-refractivity contribution in [2.45, 2.75) is 30.5 Å². The van der Waals surface area contributed by atoms with Gasteiger partial charge in [-0.25, -0.2) is 0 Å². The summed E-state index contributed by atoms with van der Waals surface area (Å²) in [5, 5.41) is 2.09. The van der Waals surface area contributed by atoms with Crippen molar-refractivity contribution in [1.82, 2.24) is 4.90 Å². The van der Waals surface area contributed by atoms with Gasteiger partial charge in [0.15, 0.2) is 0 Å². The second-order valence-electron chi connectivity index (χ2n) is 4.16. The van der Waals surface area contributed by atoms with Gasteiger partial charge in [0.05, 0.1) is 0 Å². The van der Waals surface area contributed by atoms with Gasteiger partial charge in [0.25, 0.3) is 0 Å². The van der Waals surface area contributed by atoms with Gasteiger partial charge in [-0.15, -0.1) is 11.3 Å². The number of likely N-dealkylation sites (tertiary alicyclic amines) is 1. The maximum atomic E-state index is 11.8. The Bertz CT molecular complexity index is 339. The predicted molar refractivity (Wildman–Crippen MR) is 71.2 cm³/mol. The third kappa shape index (κ3) is 3.32. The molecule has 0 N–H and O–H groups in total. The molecule has 0 saturated carbocycles. The quantitative estimate of drug-likeness (QED) is 0.783. The van der Waals surface area contributed by atoms with E-state index in [4.69, 9.17) is 0 Å². The van der Waals surface area contributed by atoms with Crippen LogP contribution in [0, 0.1) is 0 Å². The molecule has 0 radical (unpaired) electrons. The first kappa shape index (κ1) is 12.1. The molecule has 16 heavy (non-hydrogen) atoms. The van der Waals surface area contributed by atoms with Crippen LogP contribution in [-0.4, -0.2) is 28.7 Å². The lowest BCUT2D eigenvalue weighted by atomic mass is 10.2. The van der Waals surface area contributed by atoms with Crippen LogP contribution in [0.3, 0.4) is 0 Å². The molecule has 1 unspecified atom stereocenters. The van der Waals surface area contributed by atoms with Crippen molar-refractivity contribution >= 4 is 33.2 Å². The van der Waals surface area contributed by atoms with Crippen molar-refractivity contribution in [3.8, 4) is 0 Å². The second-order valence-corrected chi connectivity index (χ2v) is 6.49. The van der Waals surface area contributed by atoms with Crippen molar-refractivity contribution in [2.24, 2.45) is 0 Å². The summed E-state index contributed by atoms with van der Waals surface area (Å²) in [6.45, 7) is 1.81. The van der Waals surface area contributed by atoms with Crippen LogP contribution in [0.1, 0.15) is 24.1 Å². The van der Waals surface area contributed by atoms with E-state index in [0.717, 1.165) is 32.4 Å². The lowest BCUT2D eigenvalue weighted by Crippen LogP contribution is -2.28. The van der Waals surface area contributed by atoms with Crippen molar-refractivity contribution in [2.75, 3.05) is 13.1 Å². The number of halogens is 1. The van der Waals surface area contributed by atoms with Crippen LogP contribution in [0.25, 0.3) is 0 Å². The van der Waals surface area contributed by atoms with E-state index in [1.54, 1.807) is 11.3 Å². The van der Waals surface area contributed by atoms with Gasteiger partial charge < -0.3 is 4.90 Å². The fourth-order valence-electron chi connectivity index (χ4n) is 1.97. The Labute approximate surface area is 109 Å². The highest BCUT2D eigenvalue weighted by molar-refractivity contribution is 9.09. The molecule has 0 aliphatic carbocycles.